The Kier molecular flexibility index (Phi) is 3.96. The molecule has 0 spiro atoms. The topological polar surface area (TPSA) is 24.9 Å². The van der Waals surface area contributed by atoms with Gasteiger partial charge < -0.3 is 5.32 Å². The van der Waals surface area contributed by atoms with Gasteiger partial charge in [-0.25, -0.2) is 4.98 Å². The molecule has 0 aliphatic heterocycles. The minimum Gasteiger partial charge on any atom is -0.365 e. The predicted molar refractivity (Wildman–Crippen MR) is 73.0 cm³/mol. The van der Waals surface area contributed by atoms with Gasteiger partial charge in [0.2, 0.25) is 0 Å². The van der Waals surface area contributed by atoms with Crippen LogP contribution in [0.4, 0.5) is 5.82 Å². The largest absolute Gasteiger partial charge is 0.365 e. The first-order valence-electron chi connectivity index (χ1n) is 5.21. The lowest BCUT2D eigenvalue weighted by Gasteiger charge is -2.07. The third-order valence-corrected chi connectivity index (χ3v) is 3.95. The molecule has 0 aliphatic rings. The van der Waals surface area contributed by atoms with E-state index in [0.717, 1.165) is 18.8 Å². The summed E-state index contributed by atoms with van der Waals surface area (Å²) >= 11 is 5.21. The van der Waals surface area contributed by atoms with Crippen molar-refractivity contribution < 1.29 is 0 Å². The van der Waals surface area contributed by atoms with Gasteiger partial charge in [-0.05, 0) is 46.1 Å². The van der Waals surface area contributed by atoms with Crippen LogP contribution in [0.15, 0.2) is 34.2 Å². The van der Waals surface area contributed by atoms with E-state index in [9.17, 15) is 0 Å². The Hall–Kier alpha value is -0.870. The zero-order valence-corrected chi connectivity index (χ0v) is 11.4. The number of anilines is 1. The fourth-order valence-electron chi connectivity index (χ4n) is 1.50. The number of aromatic nitrogens is 1. The van der Waals surface area contributed by atoms with Crippen molar-refractivity contribution in [1.82, 2.24) is 4.98 Å². The fourth-order valence-corrected chi connectivity index (χ4v) is 2.92. The highest BCUT2D eigenvalue weighted by molar-refractivity contribution is 9.11. The molecule has 2 aromatic heterocycles. The van der Waals surface area contributed by atoms with Crippen molar-refractivity contribution in [1.29, 1.82) is 0 Å². The van der Waals surface area contributed by atoms with E-state index in [4.69, 9.17) is 0 Å². The molecule has 0 aromatic carbocycles. The Morgan fingerprint density at radius 1 is 1.38 bits per heavy atom. The molecule has 0 aliphatic carbocycles. The van der Waals surface area contributed by atoms with Gasteiger partial charge in [-0.3, -0.25) is 0 Å². The molecule has 2 heterocycles. The summed E-state index contributed by atoms with van der Waals surface area (Å²) in [6.45, 7) is 2.98. The summed E-state index contributed by atoms with van der Waals surface area (Å²) in [6, 6.07) is 8.28. The predicted octanol–water partition coefficient (Wildman–Crippen LogP) is 4.08. The molecule has 0 unspecified atom stereocenters. The van der Waals surface area contributed by atoms with Crippen molar-refractivity contribution in [2.45, 2.75) is 19.9 Å². The molecule has 2 aromatic rings. The molecule has 0 saturated heterocycles. The van der Waals surface area contributed by atoms with Crippen LogP contribution in [0.25, 0.3) is 0 Å². The number of halogens is 1. The Bertz CT molecular complexity index is 468. The van der Waals surface area contributed by atoms with Gasteiger partial charge in [0.25, 0.3) is 0 Å². The van der Waals surface area contributed by atoms with Crippen molar-refractivity contribution in [3.8, 4) is 0 Å². The molecule has 2 nitrogen and oxygen atoms in total. The lowest BCUT2D eigenvalue weighted by molar-refractivity contribution is 1.06. The molecule has 16 heavy (non-hydrogen) atoms. The van der Waals surface area contributed by atoms with Crippen LogP contribution in [0.2, 0.25) is 0 Å². The van der Waals surface area contributed by atoms with E-state index in [1.54, 1.807) is 11.3 Å². The normalized spacial score (nSPS) is 10.4. The van der Waals surface area contributed by atoms with Crippen LogP contribution in [0.3, 0.4) is 0 Å². The fraction of sp³-hybridized carbons (Fsp3) is 0.250. The minimum atomic E-state index is 0.834. The summed E-state index contributed by atoms with van der Waals surface area (Å²) < 4.78 is 1.17. The van der Waals surface area contributed by atoms with Crippen LogP contribution in [0, 0.1) is 0 Å². The standard InChI is InChI=1S/C12H13BrN2S/c1-2-9-4-3-7-14-12(9)15-8-10-5-6-11(13)16-10/h3-7H,2,8H2,1H3,(H,14,15). The van der Waals surface area contributed by atoms with E-state index in [1.165, 1.54) is 14.2 Å². The summed E-state index contributed by atoms with van der Waals surface area (Å²) in [5.41, 5.74) is 1.26. The maximum Gasteiger partial charge on any atom is 0.129 e. The van der Waals surface area contributed by atoms with E-state index >= 15 is 0 Å². The SMILES string of the molecule is CCc1cccnc1NCc1ccc(Br)s1. The summed E-state index contributed by atoms with van der Waals surface area (Å²) in [7, 11) is 0. The molecule has 0 bridgehead atoms. The Morgan fingerprint density at radius 3 is 2.94 bits per heavy atom. The van der Waals surface area contributed by atoms with E-state index in [1.807, 2.05) is 12.3 Å². The van der Waals surface area contributed by atoms with Gasteiger partial charge in [0.15, 0.2) is 0 Å². The lowest BCUT2D eigenvalue weighted by Crippen LogP contribution is -2.02. The van der Waals surface area contributed by atoms with Crippen molar-refractivity contribution in [2.24, 2.45) is 0 Å². The minimum absolute atomic E-state index is 0.834. The molecule has 0 amide bonds. The van der Waals surface area contributed by atoms with E-state index < -0.39 is 0 Å². The third-order valence-electron chi connectivity index (χ3n) is 2.33. The monoisotopic (exact) mass is 296 g/mol. The number of aryl methyl sites for hydroxylation is 1. The van der Waals surface area contributed by atoms with Gasteiger partial charge in [0.1, 0.15) is 5.82 Å². The van der Waals surface area contributed by atoms with E-state index in [-0.39, 0.29) is 0 Å². The number of rotatable bonds is 4. The van der Waals surface area contributed by atoms with Crippen LogP contribution in [-0.4, -0.2) is 4.98 Å². The Labute approximate surface area is 108 Å². The van der Waals surface area contributed by atoms with Gasteiger partial charge in [-0.15, -0.1) is 11.3 Å². The summed E-state index contributed by atoms with van der Waals surface area (Å²) in [6.07, 6.45) is 2.83. The highest BCUT2D eigenvalue weighted by Crippen LogP contribution is 2.23. The molecule has 0 radical (unpaired) electrons. The van der Waals surface area contributed by atoms with Crippen LogP contribution in [-0.2, 0) is 13.0 Å². The van der Waals surface area contributed by atoms with Crippen molar-refractivity contribution >= 4 is 33.1 Å². The van der Waals surface area contributed by atoms with E-state index in [2.05, 4.69) is 51.4 Å². The average Bonchev–Trinajstić information content (AvgIpc) is 2.73. The van der Waals surface area contributed by atoms with E-state index in [0.29, 0.717) is 0 Å². The number of pyridine rings is 1. The Morgan fingerprint density at radius 2 is 2.25 bits per heavy atom. The highest BCUT2D eigenvalue weighted by Gasteiger charge is 2.02. The smallest absolute Gasteiger partial charge is 0.129 e. The van der Waals surface area contributed by atoms with Crippen molar-refractivity contribution in [3.63, 3.8) is 0 Å². The van der Waals surface area contributed by atoms with Gasteiger partial charge in [0, 0.05) is 11.1 Å². The maximum absolute atomic E-state index is 4.35. The van der Waals surface area contributed by atoms with Crippen molar-refractivity contribution in [3.05, 3.63) is 44.7 Å². The molecule has 1 N–H and O–H groups in total. The summed E-state index contributed by atoms with van der Waals surface area (Å²) in [4.78, 5) is 5.66. The average molecular weight is 297 g/mol. The van der Waals surface area contributed by atoms with Crippen molar-refractivity contribution in [2.75, 3.05) is 5.32 Å². The molecule has 0 fully saturated rings. The van der Waals surface area contributed by atoms with Crippen LogP contribution in [0.5, 0.6) is 0 Å². The summed E-state index contributed by atoms with van der Waals surface area (Å²) in [5, 5.41) is 3.37. The van der Waals surface area contributed by atoms with Crippen LogP contribution >= 0.6 is 27.3 Å². The molecular formula is C12H13BrN2S. The van der Waals surface area contributed by atoms with Crippen LogP contribution in [0.1, 0.15) is 17.4 Å². The molecular weight excluding hydrogens is 284 g/mol. The highest BCUT2D eigenvalue weighted by atomic mass is 79.9. The third kappa shape index (κ3) is 2.83. The van der Waals surface area contributed by atoms with Gasteiger partial charge in [-0.2, -0.15) is 0 Å². The number of hydrogen-bond acceptors (Lipinski definition) is 3. The van der Waals surface area contributed by atoms with Gasteiger partial charge >= 0.3 is 0 Å². The second-order valence-electron chi connectivity index (χ2n) is 3.42. The second kappa shape index (κ2) is 5.46. The zero-order chi connectivity index (χ0) is 11.4. The molecule has 84 valence electrons. The molecule has 2 rings (SSSR count). The molecule has 0 atom stereocenters. The molecule has 0 saturated carbocycles. The molecule has 4 heteroatoms. The maximum atomic E-state index is 4.35. The lowest BCUT2D eigenvalue weighted by atomic mass is 10.2. The first kappa shape index (κ1) is 11.6. The quantitative estimate of drug-likeness (QED) is 0.919. The first-order chi connectivity index (χ1) is 7.79. The number of hydrogen-bond donors (Lipinski definition) is 1. The summed E-state index contributed by atoms with van der Waals surface area (Å²) in [5.74, 6) is 0.995. The number of nitrogens with one attached hydrogen (secondary N) is 1. The van der Waals surface area contributed by atoms with Gasteiger partial charge in [0.05, 0.1) is 10.3 Å². The number of nitrogens with zero attached hydrogens (tertiary/aromatic N) is 1. The van der Waals surface area contributed by atoms with Crippen LogP contribution < -0.4 is 5.32 Å². The van der Waals surface area contributed by atoms with Gasteiger partial charge in [-0.1, -0.05) is 13.0 Å². The Balaban J connectivity index is 2.04. The first-order valence-corrected chi connectivity index (χ1v) is 6.82. The number of thiophene rings is 1. The second-order valence-corrected chi connectivity index (χ2v) is 5.97. The zero-order valence-electron chi connectivity index (χ0n) is 9.03.